The highest BCUT2D eigenvalue weighted by atomic mass is 16.4. The maximum atomic E-state index is 11.4. The molecule has 0 atom stereocenters. The molecule has 0 amide bonds. The molecule has 2 rings (SSSR count). The van der Waals surface area contributed by atoms with Crippen LogP contribution in [0.3, 0.4) is 0 Å². The predicted molar refractivity (Wildman–Crippen MR) is 67.9 cm³/mol. The zero-order valence-corrected chi connectivity index (χ0v) is 10.5. The summed E-state index contributed by atoms with van der Waals surface area (Å²) in [5.41, 5.74) is 7.64. The van der Waals surface area contributed by atoms with Crippen LogP contribution < -0.4 is 11.4 Å². The van der Waals surface area contributed by atoms with Crippen molar-refractivity contribution in [3.05, 3.63) is 45.3 Å². The van der Waals surface area contributed by atoms with Gasteiger partial charge in [0, 0.05) is 17.0 Å². The molecule has 17 heavy (non-hydrogen) atoms. The van der Waals surface area contributed by atoms with Crippen molar-refractivity contribution in [2.45, 2.75) is 33.2 Å². The average molecular weight is 232 g/mol. The zero-order chi connectivity index (χ0) is 12.6. The van der Waals surface area contributed by atoms with Crippen molar-refractivity contribution in [3.63, 3.8) is 0 Å². The van der Waals surface area contributed by atoms with E-state index in [0.717, 1.165) is 16.5 Å². The first-order valence-corrected chi connectivity index (χ1v) is 5.89. The summed E-state index contributed by atoms with van der Waals surface area (Å²) in [7, 11) is 0. The summed E-state index contributed by atoms with van der Waals surface area (Å²) in [4.78, 5) is 11.4. The summed E-state index contributed by atoms with van der Waals surface area (Å²) in [6.45, 7) is 6.97. The van der Waals surface area contributed by atoms with Crippen molar-refractivity contribution in [1.29, 1.82) is 0 Å². The highest BCUT2D eigenvalue weighted by Crippen LogP contribution is 2.26. The fourth-order valence-electron chi connectivity index (χ4n) is 2.22. The van der Waals surface area contributed by atoms with E-state index in [1.54, 1.807) is 0 Å². The fourth-order valence-corrected chi connectivity index (χ4v) is 2.22. The molecule has 3 N–H and O–H groups in total. The standard InChI is InChI=1S/C14H17NO2/c1-8(2)11-6-12-10(7-15)5-14(16)17-13(12)4-9(11)3/h4-6,8H,7,15H2,1-3H3/p+1. The topological polar surface area (TPSA) is 57.9 Å². The van der Waals surface area contributed by atoms with Crippen molar-refractivity contribution in [2.75, 3.05) is 0 Å². The van der Waals surface area contributed by atoms with Gasteiger partial charge in [-0.1, -0.05) is 13.8 Å². The Morgan fingerprint density at radius 2 is 2.00 bits per heavy atom. The lowest BCUT2D eigenvalue weighted by atomic mass is 9.95. The van der Waals surface area contributed by atoms with Crippen molar-refractivity contribution >= 4 is 11.0 Å². The number of benzene rings is 1. The second-order valence-corrected chi connectivity index (χ2v) is 4.70. The third-order valence-electron chi connectivity index (χ3n) is 3.11. The molecule has 2 aromatic rings. The molecule has 0 unspecified atom stereocenters. The molecule has 0 fully saturated rings. The average Bonchev–Trinajstić information content (AvgIpc) is 2.26. The van der Waals surface area contributed by atoms with E-state index >= 15 is 0 Å². The Morgan fingerprint density at radius 3 is 2.59 bits per heavy atom. The van der Waals surface area contributed by atoms with Crippen LogP contribution in [0.4, 0.5) is 0 Å². The molecule has 0 saturated heterocycles. The molecular weight excluding hydrogens is 214 g/mol. The first-order chi connectivity index (χ1) is 8.02. The molecule has 0 radical (unpaired) electrons. The van der Waals surface area contributed by atoms with Gasteiger partial charge in [-0.05, 0) is 36.1 Å². The van der Waals surface area contributed by atoms with Gasteiger partial charge in [0.2, 0.25) is 0 Å². The van der Waals surface area contributed by atoms with Crippen molar-refractivity contribution in [3.8, 4) is 0 Å². The van der Waals surface area contributed by atoms with E-state index in [1.807, 2.05) is 13.0 Å². The van der Waals surface area contributed by atoms with Crippen LogP contribution in [0.15, 0.2) is 27.4 Å². The summed E-state index contributed by atoms with van der Waals surface area (Å²) < 4.78 is 5.24. The lowest BCUT2D eigenvalue weighted by molar-refractivity contribution is -0.386. The molecule has 0 aliphatic rings. The van der Waals surface area contributed by atoms with Crippen LogP contribution in [0, 0.1) is 6.92 Å². The number of hydrogen-bond acceptors (Lipinski definition) is 2. The van der Waals surface area contributed by atoms with Crippen LogP contribution >= 0.6 is 0 Å². The van der Waals surface area contributed by atoms with Gasteiger partial charge in [0.15, 0.2) is 0 Å². The monoisotopic (exact) mass is 232 g/mol. The van der Waals surface area contributed by atoms with Crippen molar-refractivity contribution < 1.29 is 10.2 Å². The van der Waals surface area contributed by atoms with E-state index in [4.69, 9.17) is 4.42 Å². The summed E-state index contributed by atoms with van der Waals surface area (Å²) in [6, 6.07) is 5.61. The van der Waals surface area contributed by atoms with Crippen LogP contribution in [0.5, 0.6) is 0 Å². The van der Waals surface area contributed by atoms with Gasteiger partial charge in [-0.25, -0.2) is 4.79 Å². The number of aryl methyl sites for hydroxylation is 1. The molecule has 0 bridgehead atoms. The quantitative estimate of drug-likeness (QED) is 0.805. The molecular formula is C14H18NO2+. The Labute approximate surface area is 100 Å². The minimum atomic E-state index is -0.298. The van der Waals surface area contributed by atoms with Gasteiger partial charge >= 0.3 is 5.63 Å². The first kappa shape index (κ1) is 11.9. The Balaban J connectivity index is 2.83. The van der Waals surface area contributed by atoms with E-state index in [2.05, 4.69) is 25.6 Å². The molecule has 90 valence electrons. The molecule has 0 aliphatic heterocycles. The normalized spacial score (nSPS) is 11.4. The molecule has 3 nitrogen and oxygen atoms in total. The predicted octanol–water partition coefficient (Wildman–Crippen LogP) is 1.97. The summed E-state index contributed by atoms with van der Waals surface area (Å²) in [5.74, 6) is 0.462. The van der Waals surface area contributed by atoms with Gasteiger partial charge < -0.3 is 10.2 Å². The SMILES string of the molecule is Cc1cc2oc(=O)cc(C[NH3+])c2cc1C(C)C. The van der Waals surface area contributed by atoms with E-state index in [1.165, 1.54) is 11.6 Å². The molecule has 1 aromatic carbocycles. The number of fused-ring (bicyclic) bond motifs is 1. The van der Waals surface area contributed by atoms with Crippen molar-refractivity contribution in [2.24, 2.45) is 0 Å². The van der Waals surface area contributed by atoms with Crippen LogP contribution in [0.1, 0.15) is 36.5 Å². The van der Waals surface area contributed by atoms with Crippen LogP contribution in [0.2, 0.25) is 0 Å². The van der Waals surface area contributed by atoms with Crippen LogP contribution in [0.25, 0.3) is 11.0 Å². The van der Waals surface area contributed by atoms with Gasteiger partial charge in [0.05, 0.1) is 0 Å². The molecule has 1 aromatic heterocycles. The highest BCUT2D eigenvalue weighted by Gasteiger charge is 2.10. The van der Waals surface area contributed by atoms with Gasteiger partial charge in [0.1, 0.15) is 12.1 Å². The molecule has 3 heteroatoms. The van der Waals surface area contributed by atoms with E-state index in [9.17, 15) is 4.79 Å². The maximum Gasteiger partial charge on any atom is 0.336 e. The van der Waals surface area contributed by atoms with Crippen LogP contribution in [-0.2, 0) is 6.54 Å². The Kier molecular flexibility index (Phi) is 3.03. The Hall–Kier alpha value is -1.61. The second kappa shape index (κ2) is 4.34. The first-order valence-electron chi connectivity index (χ1n) is 5.89. The third kappa shape index (κ3) is 2.11. The van der Waals surface area contributed by atoms with E-state index < -0.39 is 0 Å². The van der Waals surface area contributed by atoms with Crippen LogP contribution in [-0.4, -0.2) is 0 Å². The molecule has 0 saturated carbocycles. The molecule has 0 spiro atoms. The minimum absolute atomic E-state index is 0.298. The lowest BCUT2D eigenvalue weighted by Crippen LogP contribution is -2.47. The van der Waals surface area contributed by atoms with Crippen molar-refractivity contribution in [1.82, 2.24) is 0 Å². The smallest absolute Gasteiger partial charge is 0.336 e. The van der Waals surface area contributed by atoms with E-state index in [0.29, 0.717) is 18.0 Å². The van der Waals surface area contributed by atoms with Gasteiger partial charge in [-0.3, -0.25) is 0 Å². The molecule has 1 heterocycles. The molecule has 0 aliphatic carbocycles. The summed E-state index contributed by atoms with van der Waals surface area (Å²) >= 11 is 0. The summed E-state index contributed by atoms with van der Waals surface area (Å²) in [6.07, 6.45) is 0. The fraction of sp³-hybridized carbons (Fsp3) is 0.357. The van der Waals surface area contributed by atoms with Gasteiger partial charge in [-0.2, -0.15) is 0 Å². The lowest BCUT2D eigenvalue weighted by Gasteiger charge is -2.11. The third-order valence-corrected chi connectivity index (χ3v) is 3.11. The number of rotatable bonds is 2. The number of hydrogen-bond donors (Lipinski definition) is 1. The van der Waals surface area contributed by atoms with Gasteiger partial charge in [-0.15, -0.1) is 0 Å². The van der Waals surface area contributed by atoms with Gasteiger partial charge in [0.25, 0.3) is 0 Å². The second-order valence-electron chi connectivity index (χ2n) is 4.70. The Morgan fingerprint density at radius 1 is 1.29 bits per heavy atom. The number of quaternary nitrogens is 1. The maximum absolute atomic E-state index is 11.4. The largest absolute Gasteiger partial charge is 0.423 e. The van der Waals surface area contributed by atoms with E-state index in [-0.39, 0.29) is 5.63 Å². The Bertz CT molecular complexity index is 611. The summed E-state index contributed by atoms with van der Waals surface area (Å²) in [5, 5.41) is 1.01. The minimum Gasteiger partial charge on any atom is -0.423 e. The zero-order valence-electron chi connectivity index (χ0n) is 10.5. The highest BCUT2D eigenvalue weighted by molar-refractivity contribution is 5.82.